The average molecular weight is 2240 g/mol. The molecule has 0 radical (unpaired) electrons. The molecular formula is C87H86Cl2K3Li2N24Na3O17S7. The summed E-state index contributed by atoms with van der Waals surface area (Å²) in [5.74, 6) is -8.12. The maximum absolute atomic E-state index is 12.8. The van der Waals surface area contributed by atoms with E-state index in [1.165, 1.54) is 33.4 Å². The number of nitrogens with zero attached hydrogens (tertiary/aromatic N) is 20. The topological polar surface area (TPSA) is 550 Å². The van der Waals surface area contributed by atoms with Crippen LogP contribution in [0.5, 0.6) is 0 Å². The zero-order valence-corrected chi connectivity index (χ0v) is 104. The van der Waals surface area contributed by atoms with E-state index in [0.29, 0.717) is 81.1 Å². The van der Waals surface area contributed by atoms with Crippen molar-refractivity contribution in [3.8, 4) is 22.7 Å². The summed E-state index contributed by atoms with van der Waals surface area (Å²) < 4.78 is 43.1. The van der Waals surface area contributed by atoms with Crippen LogP contribution in [0.1, 0.15) is 69.0 Å². The molecule has 1 aliphatic rings. The number of fused-ring (bicyclic) bond motifs is 2. The van der Waals surface area contributed by atoms with Crippen molar-refractivity contribution in [3.05, 3.63) is 224 Å². The minimum Gasteiger partial charge on any atom is -0.748 e. The Kier molecular flexibility index (Phi) is 63.5. The maximum Gasteiger partial charge on any atom is 1.00 e. The molecule has 0 spiro atoms. The number of halogens is 2. The molecule has 0 bridgehead atoms. The Balaban J connectivity index is 0.000000644. The number of likely N-dealkylation sites (N-methyl/N-ethyl adjacent to an activating group) is 1. The Labute approximate surface area is 1090 Å². The van der Waals surface area contributed by atoms with Gasteiger partial charge in [0.05, 0.1) is 106 Å². The number of carbonyl (C=O) groups excluding carboxylic acids is 7. The van der Waals surface area contributed by atoms with E-state index in [9.17, 15) is 82.0 Å². The second-order valence-corrected chi connectivity index (χ2v) is 36.1. The first kappa shape index (κ1) is 136. The van der Waals surface area contributed by atoms with Gasteiger partial charge in [-0.3, -0.25) is 9.59 Å². The quantitative estimate of drug-likeness (QED) is 0.00599. The molecule has 6 heterocycles. The van der Waals surface area contributed by atoms with Crippen LogP contribution < -0.4 is 351 Å². The molecule has 5 aromatic heterocycles. The first-order valence-corrected chi connectivity index (χ1v) is 47.0. The zero-order chi connectivity index (χ0) is 99.3. The number of thiazole rings is 1. The average Bonchev–Trinajstić information content (AvgIpc) is 1.62. The molecule has 41 nitrogen and oxygen atoms in total. The number of H-pyrrole nitrogens is 1. The van der Waals surface area contributed by atoms with Crippen molar-refractivity contribution in [3.63, 3.8) is 0 Å². The Morgan fingerprint density at radius 1 is 0.600 bits per heavy atom. The van der Waals surface area contributed by atoms with Crippen molar-refractivity contribution in [2.75, 3.05) is 93.7 Å². The fourth-order valence-electron chi connectivity index (χ4n) is 13.3. The predicted molar refractivity (Wildman–Crippen MR) is 509 cm³/mol. The standard InChI is InChI=1S/C35H38Cl2N4O6S3.C20H22N6O3S.C11H11N5O4S.C11H12N4O2S.C10H11N5O2S.3K.2Li.3Na/c1-23-6-10-27(11-7-23)39(24(2)35(43)44)18-14-32(42)38-15-3-4-16-40-28-20-25(36)8-12-30(28)48-33(40)22-34-41(17-5-19-50(45,46)47)29-21-26(37)9-13-31(29)49-34;1-13-6-8-16(9-7-13)25(14(2)19(28)29)11-10-18(27)21-15-4-3-5-17(12-15)26-20(30)22-23-24-26;17-9(18)5-15(6-10(19)20)7-2-1-3-8(4-7)16-11(21)12-13-14-16;1-14(6-10(16)17)8-2-4-9(5-3-8)15-7-12-13-11(15)18;1-6(9(16)17)11-7-3-2-4-8(5-7)15-10(18)12-13-14-15;;;;;;;;/h6-13,20-22,24H,3-5,14-19H2,1-2H3,(H2-,38,42,43,44,45,46,47);3-9,12,14H,10-11H2,1-2H3,(H,21,27)(H,28,29)(H,22,24,30);1-4H,5-6H2,(H,17,18)(H,19,20)(H,12,14,21);2-5,7H,6H2,1H3,(H,13,18)(H,16,17);2-6,11H,1H3,(H,16,17)(H,12,14,18);;;;;;;;/q;;;;;8*+1/p-8. The number of benzene rings is 8. The van der Waals surface area contributed by atoms with Gasteiger partial charge in [0.25, 0.3) is 5.01 Å². The fraction of sp³-hybridized carbons (Fsp3) is 0.264. The third-order valence-electron chi connectivity index (χ3n) is 20.2. The van der Waals surface area contributed by atoms with E-state index >= 15 is 0 Å². The molecule has 8 aromatic carbocycles. The van der Waals surface area contributed by atoms with Gasteiger partial charge in [-0.1, -0.05) is 110 Å². The van der Waals surface area contributed by atoms with E-state index in [0.717, 1.165) is 70.3 Å². The monoisotopic (exact) mass is 2230 g/mol. The summed E-state index contributed by atoms with van der Waals surface area (Å²) >= 11 is 35.8. The first-order chi connectivity index (χ1) is 65.3. The van der Waals surface area contributed by atoms with Crippen LogP contribution >= 0.6 is 58.5 Å². The van der Waals surface area contributed by atoms with Crippen LogP contribution in [0, 0.1) is 18.6 Å². The van der Waals surface area contributed by atoms with Crippen LogP contribution in [0.4, 0.5) is 39.8 Å². The van der Waals surface area contributed by atoms with Crippen molar-refractivity contribution >= 4 is 210 Å². The van der Waals surface area contributed by atoms with Crippen LogP contribution in [0.15, 0.2) is 214 Å². The van der Waals surface area contributed by atoms with E-state index in [1.807, 2.05) is 115 Å². The molecule has 145 heavy (non-hydrogen) atoms. The summed E-state index contributed by atoms with van der Waals surface area (Å²) in [7, 11) is -2.67. The number of aromatic nitrogens is 16. The number of aliphatic carboxylic acids is 6. The van der Waals surface area contributed by atoms with Crippen LogP contribution in [0.3, 0.4) is 0 Å². The summed E-state index contributed by atoms with van der Waals surface area (Å²) in [5, 5.41) is 115. The van der Waals surface area contributed by atoms with Gasteiger partial charge in [0.1, 0.15) is 17.1 Å². The number of hydrogen-bond acceptors (Lipinski definition) is 38. The molecule has 0 saturated heterocycles. The molecule has 5 N–H and O–H groups in total. The molecule has 720 valence electrons. The molecular weight excluding hydrogens is 2150 g/mol. The second-order valence-electron chi connectivity index (χ2n) is 30.1. The third kappa shape index (κ3) is 43.2. The van der Waals surface area contributed by atoms with Crippen LogP contribution in [0.25, 0.3) is 39.0 Å². The van der Waals surface area contributed by atoms with Crippen LogP contribution in [-0.2, 0) is 92.9 Å². The van der Waals surface area contributed by atoms with E-state index in [1.54, 1.807) is 142 Å². The van der Waals surface area contributed by atoms with Crippen molar-refractivity contribution in [1.82, 2.24) is 80.7 Å². The SMILES string of the molecule is CC(Nc1cccc(-n2nnnc2[S-])c1)C(=O)[O-].CN(CC(=O)[O-])c1ccc(-n2cnnc2[S-])cc1.Cc1ccc(N(CCC(=O)NCCCCN2C(=Cc3sc4ccc(Cl)cc4[n+]3CCCS(=O)(=O)[O-])Sc3ccc(Cl)cc32)C(C)C(=O)[O-])cc1.Cc1ccc(N(CCC(=O)Nc2cccc(-n3[nH]nnc3=S)c2)C(C)C(=O)O)cc1.O=C([O-])CN(CC(=O)[O-])c1cccc(-n2nnnc2[S-])c1.[K+].[K+].[K+].[Li+].[Li+].[Na+].[Na+].[Na+]. The molecule has 0 fully saturated rings. The number of nitrogens with one attached hydrogen (secondary N) is 4. The summed E-state index contributed by atoms with van der Waals surface area (Å²) in [6.45, 7) is 9.17. The van der Waals surface area contributed by atoms with Crippen LogP contribution in [-0.4, -0.2) is 218 Å². The number of aryl methyl sites for hydroxylation is 3. The predicted octanol–water partition coefficient (Wildman–Crippen LogP) is -20.1. The molecule has 14 rings (SSSR count). The normalized spacial score (nSPS) is 11.6. The number of thioether (sulfide) groups is 1. The number of carbonyl (C=O) groups is 8. The molecule has 13 aromatic rings. The van der Waals surface area contributed by atoms with Gasteiger partial charge in [-0.05, 0) is 214 Å². The van der Waals surface area contributed by atoms with Gasteiger partial charge >= 0.3 is 287 Å². The van der Waals surface area contributed by atoms with Gasteiger partial charge in [0, 0.05) is 135 Å². The number of aromatic amines is 1. The number of amides is 2. The van der Waals surface area contributed by atoms with Gasteiger partial charge < -0.3 is 142 Å². The molecule has 58 heteroatoms. The number of hydrogen-bond donors (Lipinski definition) is 5. The Morgan fingerprint density at radius 3 is 1.66 bits per heavy atom. The van der Waals surface area contributed by atoms with Crippen molar-refractivity contribution < 1.29 is 367 Å². The number of anilines is 7. The Hall–Kier alpha value is -4.88. The number of unbranched alkanes of at least 4 members (excludes halogenated alkanes) is 1. The Morgan fingerprint density at radius 2 is 1.13 bits per heavy atom. The van der Waals surface area contributed by atoms with E-state index in [-0.39, 0.29) is 346 Å². The van der Waals surface area contributed by atoms with Gasteiger partial charge in [-0.15, -0.1) is 15.3 Å². The van der Waals surface area contributed by atoms with E-state index in [2.05, 4.69) is 83.7 Å². The number of tetrazole rings is 3. The smallest absolute Gasteiger partial charge is 0.748 e. The molecule has 2 amide bonds. The third-order valence-corrected chi connectivity index (χ3v) is 24.7. The Bertz CT molecular complexity index is 6650. The van der Waals surface area contributed by atoms with Gasteiger partial charge in [0.2, 0.25) is 22.1 Å². The molecule has 0 saturated carbocycles. The minimum absolute atomic E-state index is 0. The second kappa shape index (κ2) is 67.6. The molecule has 0 aliphatic carbocycles. The van der Waals surface area contributed by atoms with Gasteiger partial charge in [0.15, 0.2) is 6.54 Å². The van der Waals surface area contributed by atoms with E-state index < -0.39 is 82.9 Å². The van der Waals surface area contributed by atoms with Crippen molar-refractivity contribution in [1.29, 1.82) is 0 Å². The summed E-state index contributed by atoms with van der Waals surface area (Å²) in [4.78, 5) is 100. The fourth-order valence-corrected chi connectivity index (χ4v) is 17.1. The summed E-state index contributed by atoms with van der Waals surface area (Å²) in [5.41, 5.74) is 10.4. The van der Waals surface area contributed by atoms with Gasteiger partial charge in [-0.2, -0.15) is 14.9 Å². The minimum atomic E-state index is -4.35. The number of carboxylic acid groups (broad SMARTS) is 6. The van der Waals surface area contributed by atoms with Gasteiger partial charge in [-0.25, -0.2) is 27.3 Å². The van der Waals surface area contributed by atoms with Crippen molar-refractivity contribution in [2.45, 2.75) is 112 Å². The maximum atomic E-state index is 12.8. The summed E-state index contributed by atoms with van der Waals surface area (Å²) in [6, 6.07) is 51.5. The largest absolute Gasteiger partial charge is 1.00 e. The van der Waals surface area contributed by atoms with Crippen LogP contribution in [0.2, 0.25) is 10.0 Å². The van der Waals surface area contributed by atoms with E-state index in [4.69, 9.17) is 73.3 Å². The van der Waals surface area contributed by atoms with Crippen molar-refractivity contribution in [2.24, 2.45) is 0 Å². The molecule has 3 unspecified atom stereocenters. The number of carboxylic acids is 6. The zero-order valence-electron chi connectivity index (χ0n) is 81.6. The molecule has 1 aliphatic heterocycles. The first-order valence-electron chi connectivity index (χ1n) is 41.4. The summed E-state index contributed by atoms with van der Waals surface area (Å²) in [6.07, 6.45) is 5.49. The number of rotatable bonds is 38. The molecule has 3 atom stereocenters.